The number of hydrogen-bond acceptors (Lipinski definition) is 6. The standard InChI is InChI=1S/C17H16F2N6O2/c18-9-5-10-11(7-21-14(10)20-6-9)15-22-8-12(19)16(23-15)24-25-4-2-1-3-13(25)17(26)27/h5-8,13H,1-4H2,(H,20,21)(H,26,27)(H,22,23,24). The van der Waals surface area contributed by atoms with Gasteiger partial charge in [-0.05, 0) is 25.3 Å². The summed E-state index contributed by atoms with van der Waals surface area (Å²) in [7, 11) is 0. The first-order valence-corrected chi connectivity index (χ1v) is 8.44. The van der Waals surface area contributed by atoms with E-state index in [-0.39, 0.29) is 11.6 Å². The molecule has 1 saturated heterocycles. The van der Waals surface area contributed by atoms with E-state index in [4.69, 9.17) is 0 Å². The van der Waals surface area contributed by atoms with E-state index >= 15 is 0 Å². The van der Waals surface area contributed by atoms with Crippen LogP contribution in [0.2, 0.25) is 0 Å². The minimum atomic E-state index is -0.977. The Hall–Kier alpha value is -3.14. The van der Waals surface area contributed by atoms with Crippen LogP contribution in [0, 0.1) is 11.6 Å². The lowest BCUT2D eigenvalue weighted by Gasteiger charge is -2.33. The van der Waals surface area contributed by atoms with Gasteiger partial charge in [-0.25, -0.2) is 28.7 Å². The fraction of sp³-hybridized carbons (Fsp3) is 0.294. The van der Waals surface area contributed by atoms with E-state index < -0.39 is 23.6 Å². The molecule has 3 aromatic heterocycles. The molecule has 140 valence electrons. The Balaban J connectivity index is 1.69. The number of piperidine rings is 1. The molecule has 0 spiro atoms. The molecule has 1 unspecified atom stereocenters. The summed E-state index contributed by atoms with van der Waals surface area (Å²) in [4.78, 5) is 26.4. The number of fused-ring (bicyclic) bond motifs is 1. The Labute approximate surface area is 152 Å². The van der Waals surface area contributed by atoms with Crippen molar-refractivity contribution in [2.24, 2.45) is 0 Å². The second-order valence-electron chi connectivity index (χ2n) is 6.30. The second kappa shape index (κ2) is 6.88. The van der Waals surface area contributed by atoms with Crippen molar-refractivity contribution in [3.8, 4) is 11.4 Å². The highest BCUT2D eigenvalue weighted by Gasteiger charge is 2.29. The summed E-state index contributed by atoms with van der Waals surface area (Å²) < 4.78 is 27.8. The molecule has 0 aromatic carbocycles. The minimum Gasteiger partial charge on any atom is -0.480 e. The van der Waals surface area contributed by atoms with Gasteiger partial charge in [0.05, 0.1) is 12.4 Å². The number of aliphatic carboxylic acids is 1. The lowest BCUT2D eigenvalue weighted by molar-refractivity contribution is -0.143. The highest BCUT2D eigenvalue weighted by atomic mass is 19.1. The molecule has 0 amide bonds. The number of carbonyl (C=O) groups is 1. The van der Waals surface area contributed by atoms with E-state index in [0.717, 1.165) is 25.2 Å². The Kier molecular flexibility index (Phi) is 4.40. The largest absolute Gasteiger partial charge is 0.480 e. The SMILES string of the molecule is O=C(O)C1CCCCN1Nc1nc(-c2c[nH]c3ncc(F)cc23)ncc1F. The van der Waals surface area contributed by atoms with Crippen LogP contribution < -0.4 is 5.43 Å². The maximum Gasteiger partial charge on any atom is 0.322 e. The van der Waals surface area contributed by atoms with Gasteiger partial charge in [0.2, 0.25) is 0 Å². The summed E-state index contributed by atoms with van der Waals surface area (Å²) in [5.74, 6) is -2.16. The number of hydrogen-bond donors (Lipinski definition) is 3. The number of hydrazine groups is 1. The molecule has 4 rings (SSSR count). The molecule has 0 bridgehead atoms. The van der Waals surface area contributed by atoms with Crippen LogP contribution in [0.3, 0.4) is 0 Å². The third-order valence-corrected chi connectivity index (χ3v) is 4.52. The van der Waals surface area contributed by atoms with E-state index in [1.54, 1.807) is 6.20 Å². The van der Waals surface area contributed by atoms with Crippen molar-refractivity contribution in [3.05, 3.63) is 36.3 Å². The maximum absolute atomic E-state index is 14.2. The zero-order chi connectivity index (χ0) is 19.0. The zero-order valence-electron chi connectivity index (χ0n) is 14.1. The molecule has 0 aliphatic carbocycles. The van der Waals surface area contributed by atoms with Crippen LogP contribution in [0.25, 0.3) is 22.4 Å². The Bertz CT molecular complexity index is 1010. The molecule has 1 aliphatic heterocycles. The van der Waals surface area contributed by atoms with Gasteiger partial charge in [-0.2, -0.15) is 0 Å². The van der Waals surface area contributed by atoms with Crippen LogP contribution in [0.5, 0.6) is 0 Å². The number of aromatic amines is 1. The van der Waals surface area contributed by atoms with Crippen LogP contribution in [0.1, 0.15) is 19.3 Å². The number of halogens is 2. The zero-order valence-corrected chi connectivity index (χ0v) is 14.1. The minimum absolute atomic E-state index is 0.133. The first-order valence-electron chi connectivity index (χ1n) is 8.44. The summed E-state index contributed by atoms with van der Waals surface area (Å²) in [6.45, 7) is 0.456. The van der Waals surface area contributed by atoms with Crippen molar-refractivity contribution in [3.63, 3.8) is 0 Å². The quantitative estimate of drug-likeness (QED) is 0.644. The van der Waals surface area contributed by atoms with Crippen molar-refractivity contribution in [2.75, 3.05) is 12.0 Å². The molecular formula is C17H16F2N6O2. The van der Waals surface area contributed by atoms with Crippen LogP contribution in [0.4, 0.5) is 14.6 Å². The van der Waals surface area contributed by atoms with Gasteiger partial charge in [0.1, 0.15) is 17.5 Å². The summed E-state index contributed by atoms with van der Waals surface area (Å²) in [6.07, 6.45) is 5.70. The monoisotopic (exact) mass is 374 g/mol. The normalized spacial score (nSPS) is 17.9. The van der Waals surface area contributed by atoms with Crippen molar-refractivity contribution in [1.29, 1.82) is 0 Å². The number of rotatable bonds is 4. The third kappa shape index (κ3) is 3.31. The lowest BCUT2D eigenvalue weighted by Crippen LogP contribution is -2.48. The van der Waals surface area contributed by atoms with Crippen LogP contribution in [-0.4, -0.2) is 48.6 Å². The number of nitrogens with zero attached hydrogens (tertiary/aromatic N) is 4. The molecular weight excluding hydrogens is 358 g/mol. The van der Waals surface area contributed by atoms with Crippen LogP contribution in [0.15, 0.2) is 24.7 Å². The number of anilines is 1. The lowest BCUT2D eigenvalue weighted by atomic mass is 10.0. The van der Waals surface area contributed by atoms with Gasteiger partial charge in [0, 0.05) is 23.7 Å². The van der Waals surface area contributed by atoms with Crippen molar-refractivity contribution in [1.82, 2.24) is 24.9 Å². The highest BCUT2D eigenvalue weighted by Crippen LogP contribution is 2.27. The third-order valence-electron chi connectivity index (χ3n) is 4.52. The Morgan fingerprint density at radius 1 is 1.30 bits per heavy atom. The number of aromatic nitrogens is 4. The highest BCUT2D eigenvalue weighted by molar-refractivity contribution is 5.91. The summed E-state index contributed by atoms with van der Waals surface area (Å²) in [6, 6.07) is 0.530. The first kappa shape index (κ1) is 17.3. The average molecular weight is 374 g/mol. The first-order chi connectivity index (χ1) is 13.0. The molecule has 0 radical (unpaired) electrons. The maximum atomic E-state index is 14.2. The van der Waals surface area contributed by atoms with Crippen LogP contribution >= 0.6 is 0 Å². The molecule has 4 heterocycles. The summed E-state index contributed by atoms with van der Waals surface area (Å²) in [5, 5.41) is 11.3. The van der Waals surface area contributed by atoms with Gasteiger partial charge >= 0.3 is 5.97 Å². The van der Waals surface area contributed by atoms with Crippen LogP contribution in [-0.2, 0) is 4.79 Å². The smallest absolute Gasteiger partial charge is 0.322 e. The molecule has 3 N–H and O–H groups in total. The summed E-state index contributed by atoms with van der Waals surface area (Å²) in [5.41, 5.74) is 3.69. The fourth-order valence-electron chi connectivity index (χ4n) is 3.20. The van der Waals surface area contributed by atoms with Crippen molar-refractivity contribution < 1.29 is 18.7 Å². The van der Waals surface area contributed by atoms with Gasteiger partial charge in [-0.15, -0.1) is 0 Å². The molecule has 3 aromatic rings. The Morgan fingerprint density at radius 3 is 2.96 bits per heavy atom. The predicted octanol–water partition coefficient (Wildman–Crippen LogP) is 2.56. The number of H-pyrrole nitrogens is 1. The topological polar surface area (TPSA) is 107 Å². The number of carboxylic acids is 1. The average Bonchev–Trinajstić information content (AvgIpc) is 3.07. The van der Waals surface area contributed by atoms with Gasteiger partial charge in [-0.1, -0.05) is 0 Å². The molecule has 8 nitrogen and oxygen atoms in total. The van der Waals surface area contributed by atoms with Gasteiger partial charge in [0.25, 0.3) is 0 Å². The molecule has 0 saturated carbocycles. The van der Waals surface area contributed by atoms with Crippen molar-refractivity contribution in [2.45, 2.75) is 25.3 Å². The van der Waals surface area contributed by atoms with E-state index in [0.29, 0.717) is 29.6 Å². The second-order valence-corrected chi connectivity index (χ2v) is 6.30. The molecule has 1 atom stereocenters. The van der Waals surface area contributed by atoms with Gasteiger partial charge < -0.3 is 10.1 Å². The molecule has 1 fully saturated rings. The molecule has 1 aliphatic rings. The summed E-state index contributed by atoms with van der Waals surface area (Å²) >= 11 is 0. The van der Waals surface area contributed by atoms with Gasteiger partial charge in [0.15, 0.2) is 17.5 Å². The van der Waals surface area contributed by atoms with E-state index in [1.165, 1.54) is 11.1 Å². The number of pyridine rings is 1. The Morgan fingerprint density at radius 2 is 2.15 bits per heavy atom. The molecule has 10 heteroatoms. The van der Waals surface area contributed by atoms with E-state index in [9.17, 15) is 18.7 Å². The predicted molar refractivity (Wildman–Crippen MR) is 92.6 cm³/mol. The molecule has 27 heavy (non-hydrogen) atoms. The number of nitrogens with one attached hydrogen (secondary N) is 2. The fourth-order valence-corrected chi connectivity index (χ4v) is 3.20. The van der Waals surface area contributed by atoms with Crippen molar-refractivity contribution >= 4 is 22.8 Å². The van der Waals surface area contributed by atoms with E-state index in [2.05, 4.69) is 25.4 Å². The van der Waals surface area contributed by atoms with Gasteiger partial charge in [-0.3, -0.25) is 10.2 Å². The van der Waals surface area contributed by atoms with E-state index in [1.807, 2.05) is 0 Å². The number of carboxylic acid groups (broad SMARTS) is 1.